The van der Waals surface area contributed by atoms with Crippen LogP contribution < -0.4 is 5.32 Å². The summed E-state index contributed by atoms with van der Waals surface area (Å²) in [5.41, 5.74) is 3.43. The zero-order valence-corrected chi connectivity index (χ0v) is 18.8. The molecule has 7 heteroatoms. The van der Waals surface area contributed by atoms with Crippen LogP contribution in [0.4, 0.5) is 10.3 Å². The summed E-state index contributed by atoms with van der Waals surface area (Å²) in [7, 11) is 2.20. The van der Waals surface area contributed by atoms with Crippen LogP contribution in [-0.2, 0) is 6.42 Å². The zero-order chi connectivity index (χ0) is 21.8. The first-order valence-electron chi connectivity index (χ1n) is 11.5. The molecule has 1 aliphatic rings. The first-order chi connectivity index (χ1) is 15.0. The van der Waals surface area contributed by atoms with Gasteiger partial charge >= 0.3 is 0 Å². The fourth-order valence-electron chi connectivity index (χ4n) is 4.34. The second-order valence-corrected chi connectivity index (χ2v) is 8.80. The molecule has 0 bridgehead atoms. The molecular formula is C24H33FN6. The van der Waals surface area contributed by atoms with Gasteiger partial charge in [0.1, 0.15) is 11.3 Å². The summed E-state index contributed by atoms with van der Waals surface area (Å²) in [5.74, 6) is 1.85. The first kappa shape index (κ1) is 21.7. The van der Waals surface area contributed by atoms with Crippen molar-refractivity contribution in [1.82, 2.24) is 24.8 Å². The molecule has 2 N–H and O–H groups in total. The third-order valence-corrected chi connectivity index (χ3v) is 6.31. The molecule has 0 unspecified atom stereocenters. The lowest BCUT2D eigenvalue weighted by atomic mass is 9.92. The number of imidazole rings is 1. The van der Waals surface area contributed by atoms with Gasteiger partial charge in [0.2, 0.25) is 5.95 Å². The van der Waals surface area contributed by atoms with Crippen molar-refractivity contribution in [2.24, 2.45) is 5.92 Å². The van der Waals surface area contributed by atoms with E-state index in [2.05, 4.69) is 39.1 Å². The van der Waals surface area contributed by atoms with Crippen molar-refractivity contribution < 1.29 is 4.39 Å². The van der Waals surface area contributed by atoms with Gasteiger partial charge in [-0.15, -0.1) is 0 Å². The molecular weight excluding hydrogens is 391 g/mol. The Morgan fingerprint density at radius 2 is 2.03 bits per heavy atom. The molecule has 0 atom stereocenters. The number of H-pyrrole nitrogens is 1. The molecule has 1 aliphatic heterocycles. The number of aryl methyl sites for hydroxylation is 2. The van der Waals surface area contributed by atoms with E-state index < -0.39 is 0 Å². The number of hydrogen-bond donors (Lipinski definition) is 2. The topological polar surface area (TPSA) is 69.7 Å². The summed E-state index contributed by atoms with van der Waals surface area (Å²) in [6.45, 7) is 7.19. The van der Waals surface area contributed by atoms with Crippen molar-refractivity contribution >= 4 is 17.0 Å². The smallest absolute Gasteiger partial charge is 0.222 e. The van der Waals surface area contributed by atoms with Crippen molar-refractivity contribution in [2.75, 3.05) is 32.0 Å². The zero-order valence-electron chi connectivity index (χ0n) is 18.8. The van der Waals surface area contributed by atoms with E-state index >= 15 is 0 Å². The lowest BCUT2D eigenvalue weighted by molar-refractivity contribution is 0.211. The Kier molecular flexibility index (Phi) is 6.80. The van der Waals surface area contributed by atoms with E-state index in [4.69, 9.17) is 4.98 Å². The standard InChI is InChI=1S/C24H33FN6/c1-4-6-19-18(23-28-20-9-8-16(2)21(25)22(20)30-23)15-27-24(29-19)26-12-5-7-17-10-13-31(3)14-11-17/h8-9,15,17H,4-7,10-14H2,1-3H3,(H,28,30)(H,26,27,29). The van der Waals surface area contributed by atoms with Crippen LogP contribution in [0.25, 0.3) is 22.4 Å². The molecule has 3 heterocycles. The number of likely N-dealkylation sites (tertiary alicyclic amines) is 1. The highest BCUT2D eigenvalue weighted by molar-refractivity contribution is 5.81. The molecule has 1 fully saturated rings. The van der Waals surface area contributed by atoms with E-state index in [0.29, 0.717) is 28.4 Å². The Morgan fingerprint density at radius 1 is 1.23 bits per heavy atom. The Hall–Kier alpha value is -2.54. The van der Waals surface area contributed by atoms with Gasteiger partial charge in [-0.05, 0) is 76.7 Å². The van der Waals surface area contributed by atoms with E-state index in [-0.39, 0.29) is 5.82 Å². The second kappa shape index (κ2) is 9.73. The van der Waals surface area contributed by atoms with Crippen LogP contribution in [0.2, 0.25) is 0 Å². The van der Waals surface area contributed by atoms with Gasteiger partial charge in [0.15, 0.2) is 5.82 Å². The minimum absolute atomic E-state index is 0.277. The van der Waals surface area contributed by atoms with Crippen LogP contribution in [0.1, 0.15) is 50.3 Å². The Bertz CT molecular complexity index is 1020. The van der Waals surface area contributed by atoms with E-state index in [0.717, 1.165) is 43.0 Å². The number of benzene rings is 1. The van der Waals surface area contributed by atoms with Gasteiger partial charge in [0.25, 0.3) is 0 Å². The van der Waals surface area contributed by atoms with E-state index in [1.807, 2.05) is 6.07 Å². The Morgan fingerprint density at radius 3 is 2.81 bits per heavy atom. The van der Waals surface area contributed by atoms with Crippen molar-refractivity contribution in [3.8, 4) is 11.4 Å². The molecule has 4 rings (SSSR count). The second-order valence-electron chi connectivity index (χ2n) is 8.80. The fourth-order valence-corrected chi connectivity index (χ4v) is 4.34. The molecule has 0 amide bonds. The largest absolute Gasteiger partial charge is 0.354 e. The van der Waals surface area contributed by atoms with Crippen LogP contribution in [0, 0.1) is 18.7 Å². The Balaban J connectivity index is 1.44. The van der Waals surface area contributed by atoms with Gasteiger partial charge in [0.05, 0.1) is 16.8 Å². The minimum atomic E-state index is -0.277. The highest BCUT2D eigenvalue weighted by atomic mass is 19.1. The van der Waals surface area contributed by atoms with Gasteiger partial charge in [-0.1, -0.05) is 19.4 Å². The molecule has 0 aliphatic carbocycles. The van der Waals surface area contributed by atoms with Gasteiger partial charge in [-0.3, -0.25) is 0 Å². The number of rotatable bonds is 8. The fraction of sp³-hybridized carbons (Fsp3) is 0.542. The van der Waals surface area contributed by atoms with Crippen LogP contribution in [0.5, 0.6) is 0 Å². The molecule has 6 nitrogen and oxygen atoms in total. The maximum absolute atomic E-state index is 14.4. The molecule has 1 aromatic carbocycles. The van der Waals surface area contributed by atoms with E-state index in [1.54, 1.807) is 19.2 Å². The van der Waals surface area contributed by atoms with E-state index in [9.17, 15) is 4.39 Å². The van der Waals surface area contributed by atoms with Gasteiger partial charge in [-0.25, -0.2) is 19.3 Å². The molecule has 166 valence electrons. The van der Waals surface area contributed by atoms with Gasteiger partial charge in [0, 0.05) is 12.7 Å². The van der Waals surface area contributed by atoms with Crippen LogP contribution in [0.3, 0.4) is 0 Å². The lowest BCUT2D eigenvalue weighted by Gasteiger charge is -2.28. The number of nitrogens with one attached hydrogen (secondary N) is 2. The SMILES string of the molecule is CCCc1nc(NCCCC2CCN(C)CC2)ncc1-c1nc2c(F)c(C)ccc2[nH]1. The average Bonchev–Trinajstić information content (AvgIpc) is 3.20. The monoisotopic (exact) mass is 424 g/mol. The number of aromatic nitrogens is 4. The molecule has 0 radical (unpaired) electrons. The van der Waals surface area contributed by atoms with Crippen molar-refractivity contribution in [2.45, 2.75) is 52.4 Å². The van der Waals surface area contributed by atoms with Crippen molar-refractivity contribution in [1.29, 1.82) is 0 Å². The molecule has 3 aromatic rings. The maximum Gasteiger partial charge on any atom is 0.222 e. The quantitative estimate of drug-likeness (QED) is 0.501. The van der Waals surface area contributed by atoms with Gasteiger partial charge < -0.3 is 15.2 Å². The maximum atomic E-state index is 14.4. The summed E-state index contributed by atoms with van der Waals surface area (Å²) in [5, 5.41) is 3.39. The summed E-state index contributed by atoms with van der Waals surface area (Å²) in [4.78, 5) is 19.4. The highest BCUT2D eigenvalue weighted by Crippen LogP contribution is 2.26. The molecule has 0 spiro atoms. The molecule has 1 saturated heterocycles. The number of anilines is 1. The van der Waals surface area contributed by atoms with Crippen molar-refractivity contribution in [3.05, 3.63) is 35.4 Å². The molecule has 31 heavy (non-hydrogen) atoms. The minimum Gasteiger partial charge on any atom is -0.354 e. The normalized spacial score (nSPS) is 15.6. The Labute approximate surface area is 183 Å². The predicted octanol–water partition coefficient (Wildman–Crippen LogP) is 4.95. The summed E-state index contributed by atoms with van der Waals surface area (Å²) < 4.78 is 14.4. The van der Waals surface area contributed by atoms with E-state index in [1.165, 1.54) is 32.4 Å². The van der Waals surface area contributed by atoms with Crippen LogP contribution in [0.15, 0.2) is 18.3 Å². The number of fused-ring (bicyclic) bond motifs is 1. The molecule has 2 aromatic heterocycles. The summed E-state index contributed by atoms with van der Waals surface area (Å²) in [6.07, 6.45) is 8.59. The molecule has 0 saturated carbocycles. The number of halogens is 1. The van der Waals surface area contributed by atoms with Crippen molar-refractivity contribution in [3.63, 3.8) is 0 Å². The summed E-state index contributed by atoms with van der Waals surface area (Å²) in [6, 6.07) is 3.63. The van der Waals surface area contributed by atoms with Gasteiger partial charge in [-0.2, -0.15) is 0 Å². The number of piperidine rings is 1. The predicted molar refractivity (Wildman–Crippen MR) is 124 cm³/mol. The number of nitrogens with zero attached hydrogens (tertiary/aromatic N) is 4. The number of aromatic amines is 1. The third-order valence-electron chi connectivity index (χ3n) is 6.31. The van der Waals surface area contributed by atoms with Crippen LogP contribution in [-0.4, -0.2) is 51.5 Å². The average molecular weight is 425 g/mol. The third kappa shape index (κ3) is 5.03. The number of hydrogen-bond acceptors (Lipinski definition) is 5. The first-order valence-corrected chi connectivity index (χ1v) is 11.5. The van der Waals surface area contributed by atoms with Crippen LogP contribution >= 0.6 is 0 Å². The lowest BCUT2D eigenvalue weighted by Crippen LogP contribution is -2.30. The summed E-state index contributed by atoms with van der Waals surface area (Å²) >= 11 is 0. The highest BCUT2D eigenvalue weighted by Gasteiger charge is 2.17.